The molecule has 0 bridgehead atoms. The zero-order valence-electron chi connectivity index (χ0n) is 16.5. The summed E-state index contributed by atoms with van der Waals surface area (Å²) >= 11 is 2.04. The largest absolute Gasteiger partial charge is 0.127 e. The number of rotatable bonds is 11. The van der Waals surface area contributed by atoms with E-state index in [2.05, 4.69) is 68.0 Å². The maximum absolute atomic E-state index is 4.30. The van der Waals surface area contributed by atoms with Gasteiger partial charge in [0.15, 0.2) is 0 Å². The van der Waals surface area contributed by atoms with Crippen LogP contribution in [0.1, 0.15) is 87.5 Å². The maximum atomic E-state index is 4.30. The van der Waals surface area contributed by atoms with Crippen LogP contribution < -0.4 is 0 Å². The third-order valence-corrected chi connectivity index (χ3v) is 6.31. The Balaban J connectivity index is 5.07. The smallest absolute Gasteiger partial charge is 0.0202 e. The first kappa shape index (κ1) is 21.8. The molecule has 0 aromatic carbocycles. The average molecular weight is 325 g/mol. The van der Waals surface area contributed by atoms with E-state index in [0.29, 0.717) is 11.2 Å². The minimum Gasteiger partial charge on any atom is -0.127 e. The normalized spacial score (nSPS) is 16.0. The molecule has 0 radical (unpaired) electrons. The van der Waals surface area contributed by atoms with E-state index in [1.54, 1.807) is 5.57 Å². The summed E-state index contributed by atoms with van der Waals surface area (Å²) in [7, 11) is 0. The number of allylic oxidation sites excluding steroid dienone is 3. The SMILES string of the molecule is C=C(CCC)SC(C(C)CC)C(C)(C)/C=C(/C)CCC(C)C. The Labute approximate surface area is 145 Å². The maximum Gasteiger partial charge on any atom is 0.0202 e. The fraction of sp³-hybridized carbons (Fsp3) is 0.810. The van der Waals surface area contributed by atoms with Crippen LogP contribution in [-0.4, -0.2) is 5.25 Å². The fourth-order valence-electron chi connectivity index (χ4n) is 3.04. The predicted octanol–water partition coefficient (Wildman–Crippen LogP) is 7.86. The first-order valence-electron chi connectivity index (χ1n) is 9.16. The summed E-state index contributed by atoms with van der Waals surface area (Å²) in [6.45, 7) is 23.0. The molecule has 22 heavy (non-hydrogen) atoms. The lowest BCUT2D eigenvalue weighted by Gasteiger charge is -2.36. The van der Waals surface area contributed by atoms with E-state index in [1.165, 1.54) is 30.6 Å². The molecule has 0 aliphatic carbocycles. The van der Waals surface area contributed by atoms with Crippen LogP contribution >= 0.6 is 11.8 Å². The van der Waals surface area contributed by atoms with Gasteiger partial charge in [0, 0.05) is 5.25 Å². The molecule has 0 heterocycles. The van der Waals surface area contributed by atoms with Gasteiger partial charge in [0.2, 0.25) is 0 Å². The van der Waals surface area contributed by atoms with Crippen LogP contribution in [0, 0.1) is 17.3 Å². The first-order valence-corrected chi connectivity index (χ1v) is 10.0. The van der Waals surface area contributed by atoms with Crippen molar-refractivity contribution < 1.29 is 0 Å². The molecule has 130 valence electrons. The van der Waals surface area contributed by atoms with Gasteiger partial charge in [0.1, 0.15) is 0 Å². The summed E-state index contributed by atoms with van der Waals surface area (Å²) < 4.78 is 0. The molecule has 0 aliphatic heterocycles. The van der Waals surface area contributed by atoms with Gasteiger partial charge in [-0.15, -0.1) is 11.8 Å². The van der Waals surface area contributed by atoms with E-state index in [9.17, 15) is 0 Å². The van der Waals surface area contributed by atoms with Gasteiger partial charge in [-0.3, -0.25) is 0 Å². The molecule has 0 aliphatic rings. The van der Waals surface area contributed by atoms with Crippen molar-refractivity contribution in [2.45, 2.75) is 92.7 Å². The van der Waals surface area contributed by atoms with Crippen molar-refractivity contribution in [2.75, 3.05) is 0 Å². The van der Waals surface area contributed by atoms with Crippen LogP contribution in [0.15, 0.2) is 23.1 Å². The lowest BCUT2D eigenvalue weighted by molar-refractivity contribution is 0.357. The van der Waals surface area contributed by atoms with Gasteiger partial charge in [-0.1, -0.05) is 79.5 Å². The Kier molecular flexibility index (Phi) is 10.5. The van der Waals surface area contributed by atoms with Crippen LogP contribution in [0.4, 0.5) is 0 Å². The summed E-state index contributed by atoms with van der Waals surface area (Å²) in [5.74, 6) is 1.50. The third-order valence-electron chi connectivity index (χ3n) is 4.45. The van der Waals surface area contributed by atoms with Gasteiger partial charge in [-0.25, -0.2) is 0 Å². The second-order valence-electron chi connectivity index (χ2n) is 7.96. The Bertz CT molecular complexity index is 349. The Morgan fingerprint density at radius 1 is 1.14 bits per heavy atom. The fourth-order valence-corrected chi connectivity index (χ4v) is 4.52. The molecule has 0 fully saturated rings. The molecule has 0 nitrogen and oxygen atoms in total. The number of hydrogen-bond donors (Lipinski definition) is 0. The molecule has 1 heteroatoms. The van der Waals surface area contributed by atoms with Crippen molar-refractivity contribution in [3.05, 3.63) is 23.1 Å². The quantitative estimate of drug-likeness (QED) is 0.348. The van der Waals surface area contributed by atoms with Gasteiger partial charge in [-0.2, -0.15) is 0 Å². The molecule has 0 N–H and O–H groups in total. The van der Waals surface area contributed by atoms with Crippen LogP contribution in [-0.2, 0) is 0 Å². The molecule has 0 amide bonds. The first-order chi connectivity index (χ1) is 10.1. The minimum absolute atomic E-state index is 0.220. The van der Waals surface area contributed by atoms with Crippen molar-refractivity contribution >= 4 is 11.8 Å². The summed E-state index contributed by atoms with van der Waals surface area (Å²) in [4.78, 5) is 1.36. The van der Waals surface area contributed by atoms with E-state index < -0.39 is 0 Å². The highest BCUT2D eigenvalue weighted by atomic mass is 32.2. The standard InChI is InChI=1S/C21H40S/c1-10-12-19(7)22-20(18(6)11-2)21(8,9)15-17(5)14-13-16(3)4/h15-16,18,20H,7,10-14H2,1-6,8-9H3/b17-15-. The van der Waals surface area contributed by atoms with Crippen LogP contribution in [0.3, 0.4) is 0 Å². The van der Waals surface area contributed by atoms with E-state index >= 15 is 0 Å². The Morgan fingerprint density at radius 3 is 2.18 bits per heavy atom. The van der Waals surface area contributed by atoms with Gasteiger partial charge < -0.3 is 0 Å². The highest BCUT2D eigenvalue weighted by Crippen LogP contribution is 2.43. The number of thioether (sulfide) groups is 1. The van der Waals surface area contributed by atoms with Crippen LogP contribution in [0.5, 0.6) is 0 Å². The van der Waals surface area contributed by atoms with Crippen molar-refractivity contribution in [1.29, 1.82) is 0 Å². The third kappa shape index (κ3) is 8.46. The molecular weight excluding hydrogens is 284 g/mol. The zero-order valence-corrected chi connectivity index (χ0v) is 17.3. The Hall–Kier alpha value is -0.170. The van der Waals surface area contributed by atoms with Gasteiger partial charge in [-0.05, 0) is 48.3 Å². The monoisotopic (exact) mass is 324 g/mol. The molecule has 2 unspecified atom stereocenters. The second kappa shape index (κ2) is 10.6. The molecule has 0 aromatic heterocycles. The average Bonchev–Trinajstić information content (AvgIpc) is 2.41. The summed E-state index contributed by atoms with van der Waals surface area (Å²) in [6.07, 6.45) is 8.64. The predicted molar refractivity (Wildman–Crippen MR) is 106 cm³/mol. The van der Waals surface area contributed by atoms with E-state index in [1.807, 2.05) is 11.8 Å². The summed E-state index contributed by atoms with van der Waals surface area (Å²) in [5, 5.41) is 0.616. The van der Waals surface area contributed by atoms with Crippen molar-refractivity contribution in [1.82, 2.24) is 0 Å². The van der Waals surface area contributed by atoms with Crippen molar-refractivity contribution in [2.24, 2.45) is 17.3 Å². The highest BCUT2D eigenvalue weighted by Gasteiger charge is 2.32. The topological polar surface area (TPSA) is 0 Å². The van der Waals surface area contributed by atoms with Crippen LogP contribution in [0.2, 0.25) is 0 Å². The molecule has 0 aromatic rings. The highest BCUT2D eigenvalue weighted by molar-refractivity contribution is 8.03. The lowest BCUT2D eigenvalue weighted by atomic mass is 9.80. The van der Waals surface area contributed by atoms with Crippen LogP contribution in [0.25, 0.3) is 0 Å². The molecule has 0 saturated carbocycles. The number of hydrogen-bond acceptors (Lipinski definition) is 1. The Morgan fingerprint density at radius 2 is 1.73 bits per heavy atom. The summed E-state index contributed by atoms with van der Waals surface area (Å²) in [5.41, 5.74) is 1.77. The van der Waals surface area contributed by atoms with Gasteiger partial charge in [0.25, 0.3) is 0 Å². The molecule has 0 saturated heterocycles. The minimum atomic E-state index is 0.220. The van der Waals surface area contributed by atoms with Crippen molar-refractivity contribution in [3.63, 3.8) is 0 Å². The molecule has 2 atom stereocenters. The van der Waals surface area contributed by atoms with Crippen molar-refractivity contribution in [3.8, 4) is 0 Å². The zero-order chi connectivity index (χ0) is 17.3. The second-order valence-corrected chi connectivity index (χ2v) is 9.28. The van der Waals surface area contributed by atoms with E-state index in [-0.39, 0.29) is 5.41 Å². The molecule has 0 spiro atoms. The molecule has 0 rings (SSSR count). The summed E-state index contributed by atoms with van der Waals surface area (Å²) in [6, 6.07) is 0. The van der Waals surface area contributed by atoms with Gasteiger partial charge in [0.05, 0.1) is 0 Å². The van der Waals surface area contributed by atoms with Gasteiger partial charge >= 0.3 is 0 Å². The van der Waals surface area contributed by atoms with E-state index in [4.69, 9.17) is 0 Å². The van der Waals surface area contributed by atoms with E-state index in [0.717, 1.165) is 12.3 Å². The molecular formula is C21H40S. The lowest BCUT2D eigenvalue weighted by Crippen LogP contribution is -2.31.